The molecule has 1 unspecified atom stereocenters. The van der Waals surface area contributed by atoms with Crippen LogP contribution in [0.2, 0.25) is 0 Å². The van der Waals surface area contributed by atoms with Gasteiger partial charge in [0.2, 0.25) is 0 Å². The van der Waals surface area contributed by atoms with Crippen molar-refractivity contribution in [3.8, 4) is 5.75 Å². The first kappa shape index (κ1) is 22.8. The molecule has 1 aromatic rings. The van der Waals surface area contributed by atoms with Gasteiger partial charge in [0, 0.05) is 12.7 Å². The highest BCUT2D eigenvalue weighted by Crippen LogP contribution is 2.51. The minimum absolute atomic E-state index is 0.00813. The number of amides is 1. The van der Waals surface area contributed by atoms with Gasteiger partial charge in [-0.15, -0.1) is 0 Å². The first-order valence-electron chi connectivity index (χ1n) is 10.1. The van der Waals surface area contributed by atoms with Gasteiger partial charge in [-0.05, 0) is 51.7 Å². The summed E-state index contributed by atoms with van der Waals surface area (Å²) in [6.45, 7) is 5.29. The second kappa shape index (κ2) is 10.3. The molecule has 28 heavy (non-hydrogen) atoms. The summed E-state index contributed by atoms with van der Waals surface area (Å²) in [5.74, 6) is 0.906. The van der Waals surface area contributed by atoms with Crippen molar-refractivity contribution in [3.63, 3.8) is 0 Å². The molecule has 1 aliphatic rings. The quantitative estimate of drug-likeness (QED) is 0.600. The van der Waals surface area contributed by atoms with Crippen molar-refractivity contribution in [2.75, 3.05) is 18.9 Å². The molecule has 0 aromatic heterocycles. The predicted octanol–water partition coefficient (Wildman–Crippen LogP) is 4.81. The maximum absolute atomic E-state index is 13.6. The maximum atomic E-state index is 13.6. The number of alkyl carbamates (subject to hydrolysis) is 1. The van der Waals surface area contributed by atoms with Crippen LogP contribution in [0, 0.1) is 5.92 Å². The highest BCUT2D eigenvalue weighted by atomic mass is 31.2. The molecule has 0 spiro atoms. The van der Waals surface area contributed by atoms with Crippen molar-refractivity contribution >= 4 is 13.5 Å². The molecule has 6 nitrogen and oxygen atoms in total. The largest absolute Gasteiger partial charge is 0.444 e. The summed E-state index contributed by atoms with van der Waals surface area (Å²) < 4.78 is 24.7. The molecule has 0 heterocycles. The minimum atomic E-state index is -3.11. The maximum Gasteiger partial charge on any atom is 0.407 e. The Balaban J connectivity index is 1.97. The van der Waals surface area contributed by atoms with Crippen LogP contribution in [0.1, 0.15) is 52.9 Å². The Morgan fingerprint density at radius 1 is 1.21 bits per heavy atom. The second-order valence-electron chi connectivity index (χ2n) is 8.62. The number of para-hydroxylation sites is 1. The SMILES string of the molecule is CC(C)(C)OC(=O)NC[C@@H](O)CP(=O)(CC1CCCCC1)Oc1ccccc1. The lowest BCUT2D eigenvalue weighted by Crippen LogP contribution is -2.38. The van der Waals surface area contributed by atoms with E-state index >= 15 is 0 Å². The summed E-state index contributed by atoms with van der Waals surface area (Å²) in [4.78, 5) is 11.8. The van der Waals surface area contributed by atoms with Crippen molar-refractivity contribution < 1.29 is 23.7 Å². The zero-order chi connectivity index (χ0) is 20.6. The van der Waals surface area contributed by atoms with E-state index in [0.717, 1.165) is 25.7 Å². The van der Waals surface area contributed by atoms with E-state index in [0.29, 0.717) is 17.8 Å². The Bertz CT molecular complexity index is 653. The number of ether oxygens (including phenoxy) is 1. The molecule has 2 atom stereocenters. The van der Waals surface area contributed by atoms with E-state index in [-0.39, 0.29) is 12.7 Å². The van der Waals surface area contributed by atoms with Crippen LogP contribution in [0.25, 0.3) is 0 Å². The van der Waals surface area contributed by atoms with Crippen LogP contribution in [-0.2, 0) is 9.30 Å². The summed E-state index contributed by atoms with van der Waals surface area (Å²) >= 11 is 0. The predicted molar refractivity (Wildman–Crippen MR) is 111 cm³/mol. The summed E-state index contributed by atoms with van der Waals surface area (Å²) in [7, 11) is -3.11. The average Bonchev–Trinajstić information content (AvgIpc) is 2.60. The molecule has 1 fully saturated rings. The van der Waals surface area contributed by atoms with Gasteiger partial charge in [0.15, 0.2) is 0 Å². The summed E-state index contributed by atoms with van der Waals surface area (Å²) in [5, 5.41) is 13.0. The van der Waals surface area contributed by atoms with Gasteiger partial charge in [-0.2, -0.15) is 0 Å². The smallest absolute Gasteiger partial charge is 0.407 e. The van der Waals surface area contributed by atoms with E-state index in [4.69, 9.17) is 9.26 Å². The molecular weight excluding hydrogens is 377 g/mol. The molecule has 2 rings (SSSR count). The van der Waals surface area contributed by atoms with Crippen LogP contribution in [-0.4, -0.2) is 41.8 Å². The normalized spacial score (nSPS) is 18.7. The average molecular weight is 411 g/mol. The van der Waals surface area contributed by atoms with Crippen molar-refractivity contribution in [2.24, 2.45) is 5.92 Å². The Morgan fingerprint density at radius 3 is 2.46 bits per heavy atom. The van der Waals surface area contributed by atoms with E-state index in [1.165, 1.54) is 6.42 Å². The number of carbonyl (C=O) groups is 1. The minimum Gasteiger partial charge on any atom is -0.444 e. The topological polar surface area (TPSA) is 84.9 Å². The third-order valence-electron chi connectivity index (χ3n) is 4.65. The lowest BCUT2D eigenvalue weighted by Gasteiger charge is -2.28. The Kier molecular flexibility index (Phi) is 8.38. The Labute approximate surface area is 168 Å². The molecule has 158 valence electrons. The summed E-state index contributed by atoms with van der Waals surface area (Å²) in [6, 6.07) is 9.10. The number of aliphatic hydroxyl groups excluding tert-OH is 1. The molecule has 2 N–H and O–H groups in total. The number of benzene rings is 1. The molecular formula is C21H34NO5P. The van der Waals surface area contributed by atoms with E-state index in [1.54, 1.807) is 32.9 Å². The van der Waals surface area contributed by atoms with E-state index < -0.39 is 25.2 Å². The number of hydrogen-bond donors (Lipinski definition) is 2. The molecule has 1 amide bonds. The van der Waals surface area contributed by atoms with Crippen LogP contribution >= 0.6 is 7.37 Å². The van der Waals surface area contributed by atoms with Crippen molar-refractivity contribution in [2.45, 2.75) is 64.6 Å². The fourth-order valence-electron chi connectivity index (χ4n) is 3.49. The molecule has 7 heteroatoms. The molecule has 0 saturated heterocycles. The second-order valence-corrected chi connectivity index (χ2v) is 11.2. The van der Waals surface area contributed by atoms with Gasteiger partial charge >= 0.3 is 6.09 Å². The van der Waals surface area contributed by atoms with Crippen LogP contribution in [0.4, 0.5) is 4.79 Å². The van der Waals surface area contributed by atoms with Gasteiger partial charge in [-0.25, -0.2) is 4.79 Å². The van der Waals surface area contributed by atoms with Crippen LogP contribution in [0.5, 0.6) is 5.75 Å². The van der Waals surface area contributed by atoms with Gasteiger partial charge in [0.1, 0.15) is 11.4 Å². The van der Waals surface area contributed by atoms with Crippen LogP contribution in [0.15, 0.2) is 30.3 Å². The molecule has 1 aromatic carbocycles. The van der Waals surface area contributed by atoms with Crippen LogP contribution < -0.4 is 9.84 Å². The number of nitrogens with one attached hydrogen (secondary N) is 1. The molecule has 0 radical (unpaired) electrons. The van der Waals surface area contributed by atoms with Crippen molar-refractivity contribution in [1.29, 1.82) is 0 Å². The molecule has 1 saturated carbocycles. The first-order chi connectivity index (χ1) is 13.2. The standard InChI is InChI=1S/C21H34NO5P/c1-21(2,3)26-20(24)22-14-18(23)16-28(25,15-17-10-6-4-7-11-17)27-19-12-8-5-9-13-19/h5,8-9,12-13,17-18,23H,4,6-7,10-11,14-16H2,1-3H3,(H,22,24)/t18-,28?/m1/s1. The Hall–Kier alpha value is -1.52. The number of carbonyl (C=O) groups excluding carboxylic acids is 1. The van der Waals surface area contributed by atoms with E-state index in [2.05, 4.69) is 5.32 Å². The van der Waals surface area contributed by atoms with Crippen LogP contribution in [0.3, 0.4) is 0 Å². The van der Waals surface area contributed by atoms with E-state index in [9.17, 15) is 14.5 Å². The van der Waals surface area contributed by atoms with Crippen molar-refractivity contribution in [3.05, 3.63) is 30.3 Å². The summed E-state index contributed by atoms with van der Waals surface area (Å²) in [5.41, 5.74) is -0.609. The molecule has 0 aliphatic heterocycles. The Morgan fingerprint density at radius 2 is 1.86 bits per heavy atom. The fourth-order valence-corrected chi connectivity index (χ4v) is 6.21. The van der Waals surface area contributed by atoms with Gasteiger partial charge in [0.05, 0.1) is 12.3 Å². The highest BCUT2D eigenvalue weighted by molar-refractivity contribution is 7.59. The number of aliphatic hydroxyl groups is 1. The van der Waals surface area contributed by atoms with Crippen molar-refractivity contribution in [1.82, 2.24) is 5.32 Å². The van der Waals surface area contributed by atoms with Gasteiger partial charge in [-0.3, -0.25) is 4.57 Å². The summed E-state index contributed by atoms with van der Waals surface area (Å²) in [6.07, 6.45) is 4.53. The third kappa shape index (κ3) is 8.66. The number of hydrogen-bond acceptors (Lipinski definition) is 5. The fraction of sp³-hybridized carbons (Fsp3) is 0.667. The first-order valence-corrected chi connectivity index (χ1v) is 12.1. The monoisotopic (exact) mass is 411 g/mol. The number of rotatable bonds is 8. The zero-order valence-electron chi connectivity index (χ0n) is 17.2. The highest BCUT2D eigenvalue weighted by Gasteiger charge is 2.32. The lowest BCUT2D eigenvalue weighted by atomic mass is 9.91. The molecule has 1 aliphatic carbocycles. The zero-order valence-corrected chi connectivity index (χ0v) is 18.1. The van der Waals surface area contributed by atoms with Gasteiger partial charge in [-0.1, -0.05) is 37.5 Å². The van der Waals surface area contributed by atoms with Gasteiger partial charge < -0.3 is 19.7 Å². The molecule has 0 bridgehead atoms. The van der Waals surface area contributed by atoms with Gasteiger partial charge in [0.25, 0.3) is 7.37 Å². The third-order valence-corrected chi connectivity index (χ3v) is 7.24. The lowest BCUT2D eigenvalue weighted by molar-refractivity contribution is 0.0498. The van der Waals surface area contributed by atoms with E-state index in [1.807, 2.05) is 18.2 Å².